The maximum absolute atomic E-state index is 13.4. The molecule has 0 atom stereocenters. The first-order chi connectivity index (χ1) is 9.76. The standard InChI is InChI=1S/C16H15FN2S/c17-14-4-3-13-5-7-19(16(13)9-14)10-15-8-12(11-20-15)2-1-6-18/h3-4,8-9,11H,5-7,10,18H2. The van der Waals surface area contributed by atoms with E-state index < -0.39 is 0 Å². The Morgan fingerprint density at radius 2 is 2.25 bits per heavy atom. The molecule has 3 rings (SSSR count). The average Bonchev–Trinajstić information content (AvgIpc) is 3.05. The Bertz CT molecular complexity index is 681. The second kappa shape index (κ2) is 5.66. The van der Waals surface area contributed by atoms with Crippen molar-refractivity contribution in [2.75, 3.05) is 18.0 Å². The van der Waals surface area contributed by atoms with Gasteiger partial charge in [-0.05, 0) is 30.2 Å². The number of nitrogens with two attached hydrogens (primary N) is 1. The van der Waals surface area contributed by atoms with Gasteiger partial charge in [0.25, 0.3) is 0 Å². The zero-order valence-electron chi connectivity index (χ0n) is 11.0. The first-order valence-electron chi connectivity index (χ1n) is 6.56. The summed E-state index contributed by atoms with van der Waals surface area (Å²) in [4.78, 5) is 3.47. The number of anilines is 1. The third-order valence-corrected chi connectivity index (χ3v) is 4.30. The summed E-state index contributed by atoms with van der Waals surface area (Å²) >= 11 is 1.69. The maximum Gasteiger partial charge on any atom is 0.125 e. The van der Waals surface area contributed by atoms with E-state index >= 15 is 0 Å². The number of benzene rings is 1. The van der Waals surface area contributed by atoms with Crippen LogP contribution in [0.15, 0.2) is 29.6 Å². The van der Waals surface area contributed by atoms with E-state index in [1.54, 1.807) is 17.4 Å². The van der Waals surface area contributed by atoms with Gasteiger partial charge in [0.2, 0.25) is 0 Å². The normalized spacial score (nSPS) is 13.0. The highest BCUT2D eigenvalue weighted by molar-refractivity contribution is 7.10. The minimum Gasteiger partial charge on any atom is -0.366 e. The first-order valence-corrected chi connectivity index (χ1v) is 7.44. The zero-order chi connectivity index (χ0) is 13.9. The fraction of sp³-hybridized carbons (Fsp3) is 0.250. The van der Waals surface area contributed by atoms with Crippen LogP contribution in [0.5, 0.6) is 0 Å². The van der Waals surface area contributed by atoms with E-state index in [0.29, 0.717) is 6.54 Å². The average molecular weight is 286 g/mol. The van der Waals surface area contributed by atoms with Crippen molar-refractivity contribution < 1.29 is 4.39 Å². The summed E-state index contributed by atoms with van der Waals surface area (Å²) in [7, 11) is 0. The summed E-state index contributed by atoms with van der Waals surface area (Å²) in [6.45, 7) is 2.13. The van der Waals surface area contributed by atoms with Crippen molar-refractivity contribution in [2.45, 2.75) is 13.0 Å². The SMILES string of the molecule is NCC#Cc1csc(CN2CCc3ccc(F)cc32)c1. The minimum atomic E-state index is -0.170. The molecule has 0 saturated carbocycles. The third-order valence-electron chi connectivity index (χ3n) is 3.37. The molecule has 0 bridgehead atoms. The molecule has 20 heavy (non-hydrogen) atoms. The molecule has 1 aliphatic heterocycles. The van der Waals surface area contributed by atoms with Crippen molar-refractivity contribution in [3.05, 3.63) is 51.5 Å². The number of fused-ring (bicyclic) bond motifs is 1. The molecule has 4 heteroatoms. The molecule has 0 radical (unpaired) electrons. The lowest BCUT2D eigenvalue weighted by Crippen LogP contribution is -2.18. The van der Waals surface area contributed by atoms with Crippen molar-refractivity contribution >= 4 is 17.0 Å². The smallest absolute Gasteiger partial charge is 0.125 e. The summed E-state index contributed by atoms with van der Waals surface area (Å²) in [6.07, 6.45) is 0.987. The molecular formula is C16H15FN2S. The molecule has 0 unspecified atom stereocenters. The van der Waals surface area contributed by atoms with Crippen LogP contribution in [0.25, 0.3) is 0 Å². The molecule has 1 aliphatic rings. The predicted octanol–water partition coefficient (Wildman–Crippen LogP) is 2.76. The van der Waals surface area contributed by atoms with Gasteiger partial charge in [-0.1, -0.05) is 17.9 Å². The van der Waals surface area contributed by atoms with Gasteiger partial charge in [0.15, 0.2) is 0 Å². The van der Waals surface area contributed by atoms with E-state index in [0.717, 1.165) is 30.8 Å². The van der Waals surface area contributed by atoms with E-state index in [1.165, 1.54) is 16.5 Å². The highest BCUT2D eigenvalue weighted by atomic mass is 32.1. The Morgan fingerprint density at radius 3 is 3.10 bits per heavy atom. The van der Waals surface area contributed by atoms with E-state index in [-0.39, 0.29) is 5.82 Å². The Hall–Kier alpha value is -1.83. The molecule has 0 saturated heterocycles. The van der Waals surface area contributed by atoms with Crippen LogP contribution in [-0.4, -0.2) is 13.1 Å². The van der Waals surface area contributed by atoms with E-state index in [1.807, 2.05) is 11.4 Å². The number of hydrogen-bond donors (Lipinski definition) is 1. The molecule has 102 valence electrons. The van der Waals surface area contributed by atoms with Crippen molar-refractivity contribution in [3.8, 4) is 11.8 Å². The number of thiophene rings is 1. The van der Waals surface area contributed by atoms with Crippen molar-refractivity contribution in [1.82, 2.24) is 0 Å². The molecular weight excluding hydrogens is 271 g/mol. The van der Waals surface area contributed by atoms with Gasteiger partial charge in [-0.15, -0.1) is 11.3 Å². The second-order valence-electron chi connectivity index (χ2n) is 4.75. The lowest BCUT2D eigenvalue weighted by atomic mass is 10.2. The zero-order valence-corrected chi connectivity index (χ0v) is 11.8. The van der Waals surface area contributed by atoms with Crippen LogP contribution in [0.2, 0.25) is 0 Å². The summed E-state index contributed by atoms with van der Waals surface area (Å²) in [5, 5.41) is 2.04. The molecule has 0 amide bonds. The number of halogens is 1. The molecule has 2 heterocycles. The quantitative estimate of drug-likeness (QED) is 0.860. The van der Waals surface area contributed by atoms with Crippen LogP contribution in [0, 0.1) is 17.7 Å². The van der Waals surface area contributed by atoms with Gasteiger partial charge < -0.3 is 10.6 Å². The fourth-order valence-corrected chi connectivity index (χ4v) is 3.28. The van der Waals surface area contributed by atoms with Crippen LogP contribution in [-0.2, 0) is 13.0 Å². The summed E-state index contributed by atoms with van der Waals surface area (Å²) in [5.74, 6) is 5.72. The van der Waals surface area contributed by atoms with Gasteiger partial charge in [0, 0.05) is 28.1 Å². The van der Waals surface area contributed by atoms with Gasteiger partial charge in [-0.2, -0.15) is 0 Å². The lowest BCUT2D eigenvalue weighted by molar-refractivity contribution is 0.627. The molecule has 0 spiro atoms. The van der Waals surface area contributed by atoms with Gasteiger partial charge >= 0.3 is 0 Å². The topological polar surface area (TPSA) is 29.3 Å². The van der Waals surface area contributed by atoms with Crippen LogP contribution < -0.4 is 10.6 Å². The highest BCUT2D eigenvalue weighted by Gasteiger charge is 2.20. The number of hydrogen-bond acceptors (Lipinski definition) is 3. The van der Waals surface area contributed by atoms with Gasteiger partial charge in [-0.25, -0.2) is 4.39 Å². The summed E-state index contributed by atoms with van der Waals surface area (Å²) in [6, 6.07) is 7.14. The fourth-order valence-electron chi connectivity index (χ4n) is 2.45. The first kappa shape index (κ1) is 13.2. The molecule has 1 aromatic carbocycles. The van der Waals surface area contributed by atoms with E-state index in [9.17, 15) is 4.39 Å². The molecule has 0 fully saturated rings. The molecule has 2 N–H and O–H groups in total. The highest BCUT2D eigenvalue weighted by Crippen LogP contribution is 2.31. The van der Waals surface area contributed by atoms with Crippen molar-refractivity contribution in [3.63, 3.8) is 0 Å². The van der Waals surface area contributed by atoms with Crippen LogP contribution in [0.4, 0.5) is 10.1 Å². The molecule has 2 nitrogen and oxygen atoms in total. The van der Waals surface area contributed by atoms with Gasteiger partial charge in [0.1, 0.15) is 5.82 Å². The minimum absolute atomic E-state index is 0.170. The van der Waals surface area contributed by atoms with Crippen LogP contribution in [0.3, 0.4) is 0 Å². The predicted molar refractivity (Wildman–Crippen MR) is 81.4 cm³/mol. The van der Waals surface area contributed by atoms with Crippen molar-refractivity contribution in [1.29, 1.82) is 0 Å². The Kier molecular flexibility index (Phi) is 3.72. The van der Waals surface area contributed by atoms with Crippen LogP contribution in [0.1, 0.15) is 16.0 Å². The monoisotopic (exact) mass is 286 g/mol. The van der Waals surface area contributed by atoms with Crippen LogP contribution >= 0.6 is 11.3 Å². The second-order valence-corrected chi connectivity index (χ2v) is 5.75. The van der Waals surface area contributed by atoms with E-state index in [4.69, 9.17) is 5.73 Å². The molecule has 0 aliphatic carbocycles. The van der Waals surface area contributed by atoms with E-state index in [2.05, 4.69) is 22.8 Å². The number of nitrogens with zero attached hydrogens (tertiary/aromatic N) is 1. The Morgan fingerprint density at radius 1 is 1.35 bits per heavy atom. The molecule has 1 aromatic heterocycles. The van der Waals surface area contributed by atoms with Crippen molar-refractivity contribution in [2.24, 2.45) is 5.73 Å². The Labute approximate surface area is 122 Å². The maximum atomic E-state index is 13.4. The largest absolute Gasteiger partial charge is 0.366 e. The number of rotatable bonds is 2. The van der Waals surface area contributed by atoms with Gasteiger partial charge in [-0.3, -0.25) is 0 Å². The third kappa shape index (κ3) is 2.69. The Balaban J connectivity index is 1.77. The summed E-state index contributed by atoms with van der Waals surface area (Å²) < 4.78 is 13.4. The summed E-state index contributed by atoms with van der Waals surface area (Å²) in [5.41, 5.74) is 8.63. The lowest BCUT2D eigenvalue weighted by Gasteiger charge is -2.18. The molecule has 2 aromatic rings. The van der Waals surface area contributed by atoms with Gasteiger partial charge in [0.05, 0.1) is 13.1 Å².